The number of rotatable bonds is 2. The molecular formula is C14H17FN2S. The summed E-state index contributed by atoms with van der Waals surface area (Å²) in [4.78, 5) is 4.59. The van der Waals surface area contributed by atoms with Gasteiger partial charge in [0.2, 0.25) is 0 Å². The molecule has 0 aromatic heterocycles. The van der Waals surface area contributed by atoms with Crippen LogP contribution in [0, 0.1) is 11.7 Å². The first-order valence-electron chi connectivity index (χ1n) is 6.49. The Morgan fingerprint density at radius 3 is 2.94 bits per heavy atom. The van der Waals surface area contributed by atoms with Crippen LogP contribution in [0.3, 0.4) is 0 Å². The minimum Gasteiger partial charge on any atom is -0.362 e. The number of amidine groups is 1. The van der Waals surface area contributed by atoms with E-state index in [-0.39, 0.29) is 5.82 Å². The van der Waals surface area contributed by atoms with Crippen molar-refractivity contribution < 1.29 is 4.39 Å². The molecule has 0 radical (unpaired) electrons. The molecule has 1 heterocycles. The molecule has 96 valence electrons. The first-order valence-corrected chi connectivity index (χ1v) is 7.48. The lowest BCUT2D eigenvalue weighted by atomic mass is 10.1. The van der Waals surface area contributed by atoms with Gasteiger partial charge in [-0.1, -0.05) is 30.3 Å². The van der Waals surface area contributed by atoms with Crippen molar-refractivity contribution in [1.82, 2.24) is 5.32 Å². The Balaban J connectivity index is 1.61. The molecule has 2 atom stereocenters. The van der Waals surface area contributed by atoms with Crippen LogP contribution in [-0.4, -0.2) is 17.0 Å². The van der Waals surface area contributed by atoms with Crippen LogP contribution in [0.25, 0.3) is 0 Å². The Bertz CT molecular complexity index is 444. The number of hydrogen-bond donors (Lipinski definition) is 1. The van der Waals surface area contributed by atoms with Gasteiger partial charge in [0, 0.05) is 11.8 Å². The Hall–Kier alpha value is -1.03. The molecule has 0 amide bonds. The van der Waals surface area contributed by atoms with E-state index in [1.54, 1.807) is 12.1 Å². The second-order valence-electron chi connectivity index (χ2n) is 5.00. The van der Waals surface area contributed by atoms with Crippen LogP contribution in [0.2, 0.25) is 0 Å². The SMILES string of the molecule is Fc1ccc(CN=C2NC3CCCC3CS2)cc1. The molecule has 1 aromatic carbocycles. The van der Waals surface area contributed by atoms with E-state index in [1.165, 1.54) is 37.1 Å². The predicted octanol–water partition coefficient (Wildman–Crippen LogP) is 3.19. The maximum Gasteiger partial charge on any atom is 0.157 e. The average molecular weight is 264 g/mol. The molecule has 2 aliphatic rings. The van der Waals surface area contributed by atoms with Crippen LogP contribution in [0.4, 0.5) is 4.39 Å². The van der Waals surface area contributed by atoms with E-state index in [2.05, 4.69) is 10.3 Å². The molecule has 0 bridgehead atoms. The monoisotopic (exact) mass is 264 g/mol. The van der Waals surface area contributed by atoms with E-state index in [4.69, 9.17) is 0 Å². The molecule has 2 fully saturated rings. The Morgan fingerprint density at radius 2 is 2.11 bits per heavy atom. The number of hydrogen-bond acceptors (Lipinski definition) is 2. The largest absolute Gasteiger partial charge is 0.362 e. The summed E-state index contributed by atoms with van der Waals surface area (Å²) in [5.41, 5.74) is 1.06. The average Bonchev–Trinajstić information content (AvgIpc) is 2.85. The molecule has 1 saturated carbocycles. The number of nitrogens with zero attached hydrogens (tertiary/aromatic N) is 1. The van der Waals surface area contributed by atoms with Crippen LogP contribution >= 0.6 is 11.8 Å². The first-order chi connectivity index (χ1) is 8.81. The summed E-state index contributed by atoms with van der Waals surface area (Å²) >= 11 is 1.83. The van der Waals surface area contributed by atoms with Crippen molar-refractivity contribution in [2.24, 2.45) is 10.9 Å². The lowest BCUT2D eigenvalue weighted by Gasteiger charge is -2.28. The Morgan fingerprint density at radius 1 is 1.28 bits per heavy atom. The number of nitrogens with one attached hydrogen (secondary N) is 1. The molecule has 0 spiro atoms. The fourth-order valence-corrected chi connectivity index (χ4v) is 3.82. The molecule has 4 heteroatoms. The lowest BCUT2D eigenvalue weighted by molar-refractivity contribution is 0.489. The van der Waals surface area contributed by atoms with Crippen molar-refractivity contribution in [3.05, 3.63) is 35.6 Å². The summed E-state index contributed by atoms with van der Waals surface area (Å²) in [7, 11) is 0. The van der Waals surface area contributed by atoms with E-state index in [0.717, 1.165) is 16.6 Å². The lowest BCUT2D eigenvalue weighted by Crippen LogP contribution is -2.41. The van der Waals surface area contributed by atoms with E-state index in [0.29, 0.717) is 12.6 Å². The zero-order valence-corrected chi connectivity index (χ0v) is 11.0. The molecule has 1 saturated heterocycles. The third-order valence-corrected chi connectivity index (χ3v) is 4.84. The number of thioether (sulfide) groups is 1. The van der Waals surface area contributed by atoms with Crippen LogP contribution < -0.4 is 5.32 Å². The predicted molar refractivity (Wildman–Crippen MR) is 74.3 cm³/mol. The maximum absolute atomic E-state index is 12.8. The molecule has 18 heavy (non-hydrogen) atoms. The zero-order valence-electron chi connectivity index (χ0n) is 10.2. The van der Waals surface area contributed by atoms with Gasteiger partial charge in [-0.25, -0.2) is 4.39 Å². The molecule has 1 N–H and O–H groups in total. The highest BCUT2D eigenvalue weighted by molar-refractivity contribution is 8.13. The van der Waals surface area contributed by atoms with Gasteiger partial charge < -0.3 is 5.32 Å². The van der Waals surface area contributed by atoms with Gasteiger partial charge in [0.05, 0.1) is 6.54 Å². The van der Waals surface area contributed by atoms with Gasteiger partial charge >= 0.3 is 0 Å². The quantitative estimate of drug-likeness (QED) is 0.887. The Kier molecular flexibility index (Phi) is 3.55. The summed E-state index contributed by atoms with van der Waals surface area (Å²) in [6.45, 7) is 0.632. The van der Waals surface area contributed by atoms with Gasteiger partial charge in [-0.2, -0.15) is 0 Å². The standard InChI is InChI=1S/C14H17FN2S/c15-12-6-4-10(5-7-12)8-16-14-17-13-3-1-2-11(13)9-18-14/h4-7,11,13H,1-3,8-9H2,(H,16,17). The van der Waals surface area contributed by atoms with E-state index >= 15 is 0 Å². The highest BCUT2D eigenvalue weighted by Crippen LogP contribution is 2.32. The van der Waals surface area contributed by atoms with E-state index in [9.17, 15) is 4.39 Å². The van der Waals surface area contributed by atoms with Gasteiger partial charge in [-0.05, 0) is 36.5 Å². The van der Waals surface area contributed by atoms with Gasteiger partial charge in [0.1, 0.15) is 5.82 Å². The minimum absolute atomic E-state index is 0.189. The van der Waals surface area contributed by atoms with Crippen molar-refractivity contribution in [3.63, 3.8) is 0 Å². The molecular weight excluding hydrogens is 247 g/mol. The zero-order chi connectivity index (χ0) is 12.4. The van der Waals surface area contributed by atoms with Crippen molar-refractivity contribution in [2.45, 2.75) is 31.8 Å². The van der Waals surface area contributed by atoms with Crippen LogP contribution in [0.15, 0.2) is 29.3 Å². The second-order valence-corrected chi connectivity index (χ2v) is 6.01. The van der Waals surface area contributed by atoms with Gasteiger partial charge in [-0.15, -0.1) is 0 Å². The van der Waals surface area contributed by atoms with Crippen molar-refractivity contribution in [1.29, 1.82) is 0 Å². The summed E-state index contributed by atoms with van der Waals surface area (Å²) in [5.74, 6) is 1.84. The molecule has 2 nitrogen and oxygen atoms in total. The summed E-state index contributed by atoms with van der Waals surface area (Å²) in [5, 5.41) is 4.59. The van der Waals surface area contributed by atoms with Crippen LogP contribution in [0.1, 0.15) is 24.8 Å². The molecule has 3 rings (SSSR count). The van der Waals surface area contributed by atoms with Gasteiger partial charge in [0.25, 0.3) is 0 Å². The number of benzene rings is 1. The smallest absolute Gasteiger partial charge is 0.157 e. The van der Waals surface area contributed by atoms with E-state index in [1.807, 2.05) is 11.8 Å². The Labute approximate surface area is 111 Å². The van der Waals surface area contributed by atoms with Crippen LogP contribution in [-0.2, 0) is 6.54 Å². The number of fused-ring (bicyclic) bond motifs is 1. The molecule has 2 unspecified atom stereocenters. The summed E-state index contributed by atoms with van der Waals surface area (Å²) in [6.07, 6.45) is 3.98. The fraction of sp³-hybridized carbons (Fsp3) is 0.500. The van der Waals surface area contributed by atoms with Gasteiger partial charge in [-0.3, -0.25) is 4.99 Å². The highest BCUT2D eigenvalue weighted by Gasteiger charge is 2.31. The normalized spacial score (nSPS) is 29.1. The maximum atomic E-state index is 12.8. The minimum atomic E-state index is -0.189. The van der Waals surface area contributed by atoms with Crippen molar-refractivity contribution >= 4 is 16.9 Å². The topological polar surface area (TPSA) is 24.4 Å². The third-order valence-electron chi connectivity index (χ3n) is 3.72. The van der Waals surface area contributed by atoms with Crippen LogP contribution in [0.5, 0.6) is 0 Å². The number of halogens is 1. The third kappa shape index (κ3) is 2.69. The molecule has 1 aliphatic heterocycles. The van der Waals surface area contributed by atoms with Gasteiger partial charge in [0.15, 0.2) is 5.17 Å². The summed E-state index contributed by atoms with van der Waals surface area (Å²) in [6, 6.07) is 7.21. The van der Waals surface area contributed by atoms with Crippen molar-refractivity contribution in [3.8, 4) is 0 Å². The highest BCUT2D eigenvalue weighted by atomic mass is 32.2. The fourth-order valence-electron chi connectivity index (χ4n) is 2.66. The van der Waals surface area contributed by atoms with Crippen molar-refractivity contribution in [2.75, 3.05) is 5.75 Å². The number of aliphatic imine (C=N–C) groups is 1. The van der Waals surface area contributed by atoms with E-state index < -0.39 is 0 Å². The second kappa shape index (κ2) is 5.31. The molecule has 1 aromatic rings. The first kappa shape index (κ1) is 12.0. The summed E-state index contributed by atoms with van der Waals surface area (Å²) < 4.78 is 12.8. The molecule has 1 aliphatic carbocycles.